The van der Waals surface area contributed by atoms with E-state index >= 15 is 0 Å². The molecule has 0 bridgehead atoms. The van der Waals surface area contributed by atoms with Crippen LogP contribution in [0, 0.1) is 11.3 Å². The number of ether oxygens (including phenoxy) is 1. The summed E-state index contributed by atoms with van der Waals surface area (Å²) in [6.45, 7) is 0. The minimum atomic E-state index is -0.484. The van der Waals surface area contributed by atoms with Gasteiger partial charge in [-0.05, 0) is 18.2 Å². The molecular formula is C17H11NO3. The molecule has 0 radical (unpaired) electrons. The van der Waals surface area contributed by atoms with Crippen molar-refractivity contribution < 1.29 is 13.9 Å². The van der Waals surface area contributed by atoms with Crippen LogP contribution in [-0.4, -0.2) is 13.1 Å². The number of hydrogen-bond acceptors (Lipinski definition) is 4. The van der Waals surface area contributed by atoms with Crippen molar-refractivity contribution >= 4 is 16.9 Å². The van der Waals surface area contributed by atoms with Gasteiger partial charge < -0.3 is 9.15 Å². The van der Waals surface area contributed by atoms with Crippen molar-refractivity contribution in [2.75, 3.05) is 7.11 Å². The molecule has 0 amide bonds. The zero-order chi connectivity index (χ0) is 14.8. The van der Waals surface area contributed by atoms with E-state index in [-0.39, 0.29) is 0 Å². The molecule has 102 valence electrons. The van der Waals surface area contributed by atoms with Crippen molar-refractivity contribution in [3.63, 3.8) is 0 Å². The number of benzene rings is 2. The van der Waals surface area contributed by atoms with Gasteiger partial charge in [-0.3, -0.25) is 0 Å². The molecule has 0 unspecified atom stereocenters. The third-order valence-corrected chi connectivity index (χ3v) is 3.24. The Labute approximate surface area is 121 Å². The SMILES string of the molecule is COC(=O)c1c(-c2ccccc2)oc2ccc(C#N)cc12. The number of fused-ring (bicyclic) bond motifs is 1. The largest absolute Gasteiger partial charge is 0.465 e. The van der Waals surface area contributed by atoms with E-state index in [0.29, 0.717) is 27.9 Å². The van der Waals surface area contributed by atoms with Crippen molar-refractivity contribution in [2.45, 2.75) is 0 Å². The van der Waals surface area contributed by atoms with Gasteiger partial charge in [0.05, 0.1) is 18.7 Å². The van der Waals surface area contributed by atoms with Gasteiger partial charge in [-0.25, -0.2) is 4.79 Å². The van der Waals surface area contributed by atoms with Crippen molar-refractivity contribution in [2.24, 2.45) is 0 Å². The van der Waals surface area contributed by atoms with Gasteiger partial charge in [0.15, 0.2) is 0 Å². The average Bonchev–Trinajstić information content (AvgIpc) is 2.93. The molecule has 0 saturated carbocycles. The van der Waals surface area contributed by atoms with Crippen LogP contribution in [0.1, 0.15) is 15.9 Å². The van der Waals surface area contributed by atoms with Gasteiger partial charge in [-0.2, -0.15) is 5.26 Å². The van der Waals surface area contributed by atoms with Gasteiger partial charge in [0.2, 0.25) is 0 Å². The second kappa shape index (κ2) is 5.14. The standard InChI is InChI=1S/C17H11NO3/c1-20-17(19)15-13-9-11(10-18)7-8-14(13)21-16(15)12-5-3-2-4-6-12/h2-9H,1H3. The van der Waals surface area contributed by atoms with Gasteiger partial charge in [0.25, 0.3) is 0 Å². The molecule has 4 nitrogen and oxygen atoms in total. The molecule has 1 aromatic heterocycles. The number of nitrogens with zero attached hydrogens (tertiary/aromatic N) is 1. The number of carbonyl (C=O) groups excluding carboxylic acids is 1. The highest BCUT2D eigenvalue weighted by Gasteiger charge is 2.22. The Hall–Kier alpha value is -3.06. The first kappa shape index (κ1) is 12.9. The molecule has 0 atom stereocenters. The summed E-state index contributed by atoms with van der Waals surface area (Å²) in [5.41, 5.74) is 2.14. The Morgan fingerprint density at radius 3 is 2.62 bits per heavy atom. The predicted octanol–water partition coefficient (Wildman–Crippen LogP) is 3.76. The van der Waals surface area contributed by atoms with Crippen LogP contribution in [0.25, 0.3) is 22.3 Å². The molecule has 2 aromatic carbocycles. The molecule has 4 heteroatoms. The molecule has 0 spiro atoms. The molecule has 0 fully saturated rings. The van der Waals surface area contributed by atoms with E-state index < -0.39 is 5.97 Å². The minimum absolute atomic E-state index is 0.343. The van der Waals surface area contributed by atoms with E-state index in [1.165, 1.54) is 7.11 Å². The van der Waals surface area contributed by atoms with E-state index in [0.717, 1.165) is 5.56 Å². The second-order valence-electron chi connectivity index (χ2n) is 4.49. The number of furan rings is 1. The van der Waals surface area contributed by atoms with Gasteiger partial charge in [0, 0.05) is 10.9 Å². The third-order valence-electron chi connectivity index (χ3n) is 3.24. The fourth-order valence-electron chi connectivity index (χ4n) is 2.26. The molecule has 0 aliphatic carbocycles. The summed E-state index contributed by atoms with van der Waals surface area (Å²) < 4.78 is 10.7. The summed E-state index contributed by atoms with van der Waals surface area (Å²) in [7, 11) is 1.32. The first-order valence-corrected chi connectivity index (χ1v) is 6.35. The summed E-state index contributed by atoms with van der Waals surface area (Å²) in [4.78, 5) is 12.1. The van der Waals surface area contributed by atoms with Gasteiger partial charge >= 0.3 is 5.97 Å². The highest BCUT2D eigenvalue weighted by Crippen LogP contribution is 2.34. The maximum Gasteiger partial charge on any atom is 0.342 e. The maximum atomic E-state index is 12.1. The van der Waals surface area contributed by atoms with E-state index in [1.807, 2.05) is 30.3 Å². The molecule has 21 heavy (non-hydrogen) atoms. The lowest BCUT2D eigenvalue weighted by Crippen LogP contribution is -2.01. The van der Waals surface area contributed by atoms with Crippen LogP contribution >= 0.6 is 0 Å². The summed E-state index contributed by atoms with van der Waals surface area (Å²) in [5, 5.41) is 9.59. The summed E-state index contributed by atoms with van der Waals surface area (Å²) >= 11 is 0. The molecule has 0 aliphatic heterocycles. The van der Waals surface area contributed by atoms with E-state index in [1.54, 1.807) is 18.2 Å². The zero-order valence-corrected chi connectivity index (χ0v) is 11.3. The number of esters is 1. The van der Waals surface area contributed by atoms with Gasteiger partial charge in [0.1, 0.15) is 16.9 Å². The first-order chi connectivity index (χ1) is 10.2. The number of rotatable bonds is 2. The fraction of sp³-hybridized carbons (Fsp3) is 0.0588. The number of carbonyl (C=O) groups is 1. The molecular weight excluding hydrogens is 266 g/mol. The maximum absolute atomic E-state index is 12.1. The van der Waals surface area contributed by atoms with Crippen LogP contribution in [0.4, 0.5) is 0 Å². The molecule has 0 aliphatic rings. The second-order valence-corrected chi connectivity index (χ2v) is 4.49. The fourth-order valence-corrected chi connectivity index (χ4v) is 2.26. The molecule has 3 rings (SSSR count). The Morgan fingerprint density at radius 1 is 1.19 bits per heavy atom. The van der Waals surface area contributed by atoms with E-state index in [4.69, 9.17) is 14.4 Å². The third kappa shape index (κ3) is 2.15. The van der Waals surface area contributed by atoms with E-state index in [2.05, 4.69) is 6.07 Å². The van der Waals surface area contributed by atoms with Crippen LogP contribution in [0.5, 0.6) is 0 Å². The highest BCUT2D eigenvalue weighted by molar-refractivity contribution is 6.09. The van der Waals surface area contributed by atoms with Crippen LogP contribution in [-0.2, 0) is 4.74 Å². The summed E-state index contributed by atoms with van der Waals surface area (Å²) in [5.74, 6) is -0.0322. The van der Waals surface area contributed by atoms with Crippen molar-refractivity contribution in [3.05, 3.63) is 59.7 Å². The van der Waals surface area contributed by atoms with Crippen LogP contribution in [0.15, 0.2) is 52.9 Å². The zero-order valence-electron chi connectivity index (χ0n) is 11.3. The van der Waals surface area contributed by atoms with Crippen molar-refractivity contribution in [3.8, 4) is 17.4 Å². The monoisotopic (exact) mass is 277 g/mol. The summed E-state index contributed by atoms with van der Waals surface area (Å²) in [6, 6.07) is 16.4. The van der Waals surface area contributed by atoms with Crippen LogP contribution in [0.2, 0.25) is 0 Å². The number of hydrogen-bond donors (Lipinski definition) is 0. The first-order valence-electron chi connectivity index (χ1n) is 6.35. The van der Waals surface area contributed by atoms with Crippen molar-refractivity contribution in [1.29, 1.82) is 5.26 Å². The smallest absolute Gasteiger partial charge is 0.342 e. The predicted molar refractivity (Wildman–Crippen MR) is 77.7 cm³/mol. The summed E-state index contributed by atoms with van der Waals surface area (Å²) in [6.07, 6.45) is 0. The Morgan fingerprint density at radius 2 is 1.95 bits per heavy atom. The topological polar surface area (TPSA) is 63.2 Å². The lowest BCUT2D eigenvalue weighted by atomic mass is 10.0. The Bertz CT molecular complexity index is 857. The van der Waals surface area contributed by atoms with Crippen LogP contribution < -0.4 is 0 Å². The lowest BCUT2D eigenvalue weighted by molar-refractivity contribution is 0.0603. The lowest BCUT2D eigenvalue weighted by Gasteiger charge is -2.01. The van der Waals surface area contributed by atoms with Crippen molar-refractivity contribution in [1.82, 2.24) is 0 Å². The van der Waals surface area contributed by atoms with Crippen LogP contribution in [0.3, 0.4) is 0 Å². The number of nitriles is 1. The minimum Gasteiger partial charge on any atom is -0.465 e. The molecule has 1 heterocycles. The number of methoxy groups -OCH3 is 1. The quantitative estimate of drug-likeness (QED) is 0.669. The normalized spacial score (nSPS) is 10.3. The molecule has 0 N–H and O–H groups in total. The van der Waals surface area contributed by atoms with Gasteiger partial charge in [-0.1, -0.05) is 30.3 Å². The molecule has 0 saturated heterocycles. The Balaban J connectivity index is 2.34. The molecule has 3 aromatic rings. The highest BCUT2D eigenvalue weighted by atomic mass is 16.5. The Kier molecular flexibility index (Phi) is 3.17. The van der Waals surface area contributed by atoms with Gasteiger partial charge in [-0.15, -0.1) is 0 Å². The van der Waals surface area contributed by atoms with E-state index in [9.17, 15) is 4.79 Å². The average molecular weight is 277 g/mol.